The van der Waals surface area contributed by atoms with Crippen LogP contribution in [-0.4, -0.2) is 25.8 Å². The highest BCUT2D eigenvalue weighted by molar-refractivity contribution is 5.99. The molecular formula is C20H19FN4O. The number of carbonyl (C=O) groups excluding carboxylic acids is 1. The molecule has 0 fully saturated rings. The van der Waals surface area contributed by atoms with Crippen LogP contribution in [0.15, 0.2) is 54.9 Å². The zero-order valence-corrected chi connectivity index (χ0v) is 14.7. The van der Waals surface area contributed by atoms with Gasteiger partial charge >= 0.3 is 0 Å². The summed E-state index contributed by atoms with van der Waals surface area (Å²) < 4.78 is 16.8. The highest BCUT2D eigenvalue weighted by atomic mass is 19.2. The predicted molar refractivity (Wildman–Crippen MR) is 95.8 cm³/mol. The monoisotopic (exact) mass is 350 g/mol. The van der Waals surface area contributed by atoms with Crippen LogP contribution in [0.4, 0.5) is 4.48 Å². The number of hydrogen-bond acceptors (Lipinski definition) is 3. The molecule has 3 aromatic rings. The Labute approximate surface area is 151 Å². The van der Waals surface area contributed by atoms with Crippen molar-refractivity contribution < 1.29 is 9.28 Å². The summed E-state index contributed by atoms with van der Waals surface area (Å²) >= 11 is 0. The minimum absolute atomic E-state index is 0.330. The van der Waals surface area contributed by atoms with Crippen LogP contribution in [0.1, 0.15) is 34.8 Å². The Bertz CT molecular complexity index is 969. The van der Waals surface area contributed by atoms with Gasteiger partial charge in [0, 0.05) is 25.9 Å². The summed E-state index contributed by atoms with van der Waals surface area (Å²) in [6.07, 6.45) is 4.04. The molecule has 2 aromatic heterocycles. The van der Waals surface area contributed by atoms with Gasteiger partial charge in [0.1, 0.15) is 5.54 Å². The molecule has 0 bridgehead atoms. The number of pyridine rings is 1. The first-order valence-corrected chi connectivity index (χ1v) is 8.60. The first kappa shape index (κ1) is 16.4. The Morgan fingerprint density at radius 3 is 2.62 bits per heavy atom. The molecule has 0 spiro atoms. The molecule has 0 saturated carbocycles. The van der Waals surface area contributed by atoms with Crippen molar-refractivity contribution in [2.45, 2.75) is 25.3 Å². The molecule has 5 nitrogen and oxygen atoms in total. The van der Waals surface area contributed by atoms with E-state index in [2.05, 4.69) is 10.1 Å². The summed E-state index contributed by atoms with van der Waals surface area (Å²) in [4.78, 5) is 16.9. The number of amides is 1. The van der Waals surface area contributed by atoms with Crippen molar-refractivity contribution in [3.05, 3.63) is 71.5 Å². The topological polar surface area (TPSA) is 51.0 Å². The Kier molecular flexibility index (Phi) is 3.83. The van der Waals surface area contributed by atoms with Crippen LogP contribution >= 0.6 is 0 Å². The van der Waals surface area contributed by atoms with Gasteiger partial charge in [-0.2, -0.15) is 10.2 Å². The third kappa shape index (κ3) is 2.33. The van der Waals surface area contributed by atoms with Crippen LogP contribution < -0.4 is 0 Å². The van der Waals surface area contributed by atoms with E-state index in [9.17, 15) is 4.79 Å². The fraction of sp³-hybridized carbons (Fsp3) is 0.250. The van der Waals surface area contributed by atoms with E-state index in [0.717, 1.165) is 11.3 Å². The van der Waals surface area contributed by atoms with E-state index in [1.54, 1.807) is 10.9 Å². The normalized spacial score (nSPS) is 19.0. The lowest BCUT2D eigenvalue weighted by Gasteiger charge is -2.32. The molecule has 3 heterocycles. The summed E-state index contributed by atoms with van der Waals surface area (Å²) in [6, 6.07) is 13.4. The van der Waals surface area contributed by atoms with Gasteiger partial charge in [-0.15, -0.1) is 0 Å². The molecule has 1 amide bonds. The van der Waals surface area contributed by atoms with E-state index >= 15 is 4.48 Å². The summed E-state index contributed by atoms with van der Waals surface area (Å²) in [7, 11) is 1.83. The molecule has 0 radical (unpaired) electrons. The lowest BCUT2D eigenvalue weighted by Crippen LogP contribution is -2.39. The van der Waals surface area contributed by atoms with E-state index in [1.165, 1.54) is 6.20 Å². The van der Waals surface area contributed by atoms with Crippen molar-refractivity contribution in [2.75, 3.05) is 0 Å². The molecule has 1 aliphatic rings. The van der Waals surface area contributed by atoms with Gasteiger partial charge in [0.15, 0.2) is 0 Å². The van der Waals surface area contributed by atoms with E-state index in [-0.39, 0.29) is 0 Å². The number of benzene rings is 1. The molecule has 0 aliphatic carbocycles. The molecular weight excluding hydrogens is 331 g/mol. The maximum absolute atomic E-state index is 15.1. The van der Waals surface area contributed by atoms with Crippen molar-refractivity contribution in [3.8, 4) is 11.4 Å². The first-order chi connectivity index (χ1) is 12.6. The standard InChI is InChI=1S/C20H19FN4O/c1-3-20(12-14-7-5-4-6-8-14)16-11-17(18-9-10-23-24(18)2)22-13-15(16)19(26)25(20)21/h4-11,13H,3,12H2,1-2H3. The van der Waals surface area contributed by atoms with E-state index in [4.69, 9.17) is 0 Å². The molecule has 0 saturated heterocycles. The Morgan fingerprint density at radius 2 is 1.96 bits per heavy atom. The highest BCUT2D eigenvalue weighted by Gasteiger charge is 2.50. The third-order valence-electron chi connectivity index (χ3n) is 5.20. The number of rotatable bonds is 4. The second-order valence-corrected chi connectivity index (χ2v) is 6.59. The summed E-state index contributed by atoms with van der Waals surface area (Å²) in [5.74, 6) is -0.623. The van der Waals surface area contributed by atoms with Crippen LogP contribution in [0.3, 0.4) is 0 Å². The second-order valence-electron chi connectivity index (χ2n) is 6.59. The number of aromatic nitrogens is 3. The van der Waals surface area contributed by atoms with Crippen LogP contribution in [0.2, 0.25) is 0 Å². The van der Waals surface area contributed by atoms with Gasteiger partial charge in [-0.05, 0) is 29.7 Å². The van der Waals surface area contributed by atoms with Gasteiger partial charge in [-0.3, -0.25) is 14.5 Å². The van der Waals surface area contributed by atoms with Crippen molar-refractivity contribution in [1.82, 2.24) is 19.9 Å². The van der Waals surface area contributed by atoms with Crippen LogP contribution in [-0.2, 0) is 19.0 Å². The van der Waals surface area contributed by atoms with Crippen LogP contribution in [0.25, 0.3) is 11.4 Å². The van der Waals surface area contributed by atoms with E-state index in [1.807, 2.05) is 56.4 Å². The number of halogens is 1. The Balaban J connectivity index is 1.87. The van der Waals surface area contributed by atoms with E-state index < -0.39 is 11.4 Å². The molecule has 0 N–H and O–H groups in total. The van der Waals surface area contributed by atoms with Crippen molar-refractivity contribution in [2.24, 2.45) is 7.05 Å². The van der Waals surface area contributed by atoms with Crippen molar-refractivity contribution in [1.29, 1.82) is 0 Å². The molecule has 1 aliphatic heterocycles. The average Bonchev–Trinajstić information content (AvgIpc) is 3.18. The SMILES string of the molecule is CCC1(Cc2ccccc2)c2cc(-c3ccnn3C)ncc2C(=O)N1F. The number of nitrogens with zero attached hydrogens (tertiary/aromatic N) is 4. The summed E-state index contributed by atoms with van der Waals surface area (Å²) in [5.41, 5.74) is 2.47. The van der Waals surface area contributed by atoms with Crippen molar-refractivity contribution in [3.63, 3.8) is 0 Å². The molecule has 1 atom stereocenters. The molecule has 26 heavy (non-hydrogen) atoms. The highest BCUT2D eigenvalue weighted by Crippen LogP contribution is 2.45. The van der Waals surface area contributed by atoms with Crippen LogP contribution in [0.5, 0.6) is 0 Å². The van der Waals surface area contributed by atoms with Gasteiger partial charge in [0.05, 0.1) is 17.0 Å². The lowest BCUT2D eigenvalue weighted by atomic mass is 9.82. The number of fused-ring (bicyclic) bond motifs is 1. The fourth-order valence-electron chi connectivity index (χ4n) is 3.73. The van der Waals surface area contributed by atoms with Crippen LogP contribution in [0, 0.1) is 0 Å². The molecule has 1 unspecified atom stereocenters. The minimum Gasteiger partial charge on any atom is -0.266 e. The maximum atomic E-state index is 15.1. The maximum Gasteiger partial charge on any atom is 0.284 e. The number of hydrogen-bond donors (Lipinski definition) is 0. The predicted octanol–water partition coefficient (Wildman–Crippen LogP) is 3.67. The molecule has 6 heteroatoms. The third-order valence-corrected chi connectivity index (χ3v) is 5.20. The minimum atomic E-state index is -1.02. The molecule has 1 aromatic carbocycles. The quantitative estimate of drug-likeness (QED) is 0.675. The second kappa shape index (κ2) is 6.05. The van der Waals surface area contributed by atoms with Gasteiger partial charge < -0.3 is 0 Å². The Morgan fingerprint density at radius 1 is 1.19 bits per heavy atom. The molecule has 4 rings (SSSR count). The van der Waals surface area contributed by atoms with Gasteiger partial charge in [0.2, 0.25) is 0 Å². The zero-order chi connectivity index (χ0) is 18.3. The van der Waals surface area contributed by atoms with Gasteiger partial charge in [0.25, 0.3) is 5.91 Å². The lowest BCUT2D eigenvalue weighted by molar-refractivity contribution is -0.0490. The fourth-order valence-corrected chi connectivity index (χ4v) is 3.73. The van der Waals surface area contributed by atoms with Gasteiger partial charge in [-0.1, -0.05) is 41.7 Å². The van der Waals surface area contributed by atoms with E-state index in [0.29, 0.717) is 34.8 Å². The Hall–Kier alpha value is -3.02. The zero-order valence-electron chi connectivity index (χ0n) is 14.7. The average molecular weight is 350 g/mol. The summed E-state index contributed by atoms with van der Waals surface area (Å²) in [5, 5.41) is 4.55. The number of carbonyl (C=O) groups is 1. The van der Waals surface area contributed by atoms with Crippen molar-refractivity contribution >= 4 is 5.91 Å². The number of aryl methyl sites for hydroxylation is 1. The smallest absolute Gasteiger partial charge is 0.266 e. The molecule has 132 valence electrons. The largest absolute Gasteiger partial charge is 0.284 e. The van der Waals surface area contributed by atoms with Gasteiger partial charge in [-0.25, -0.2) is 0 Å². The summed E-state index contributed by atoms with van der Waals surface area (Å²) in [6.45, 7) is 1.90. The first-order valence-electron chi connectivity index (χ1n) is 8.60.